The Labute approximate surface area is 202 Å². The van der Waals surface area contributed by atoms with Gasteiger partial charge in [0.25, 0.3) is 11.8 Å². The van der Waals surface area contributed by atoms with Gasteiger partial charge >= 0.3 is 0 Å². The molecule has 2 N–H and O–H groups in total. The van der Waals surface area contributed by atoms with Gasteiger partial charge in [-0.2, -0.15) is 5.10 Å². The molecule has 4 rings (SSSR count). The highest BCUT2D eigenvalue weighted by molar-refractivity contribution is 7.14. The number of hydrogen-bond acceptors (Lipinski definition) is 6. The zero-order chi connectivity index (χ0) is 23.9. The van der Waals surface area contributed by atoms with E-state index in [2.05, 4.69) is 15.8 Å². The van der Waals surface area contributed by atoms with Crippen LogP contribution in [0.25, 0.3) is 0 Å². The molecule has 2 amide bonds. The zero-order valence-electron chi connectivity index (χ0n) is 19.2. The van der Waals surface area contributed by atoms with Crippen molar-refractivity contribution in [2.24, 2.45) is 5.10 Å². The number of hydrazone groups is 1. The molecule has 0 saturated carbocycles. The molecule has 8 heteroatoms. The lowest BCUT2D eigenvalue weighted by Gasteiger charge is -2.11. The zero-order valence-corrected chi connectivity index (χ0v) is 20.0. The quantitative estimate of drug-likeness (QED) is 0.363. The molecular weight excluding hydrogens is 450 g/mol. The normalized spacial score (nSPS) is 12.8. The van der Waals surface area contributed by atoms with E-state index >= 15 is 0 Å². The van der Waals surface area contributed by atoms with E-state index in [-0.39, 0.29) is 18.4 Å². The molecule has 34 heavy (non-hydrogen) atoms. The molecule has 0 radical (unpaired) electrons. The lowest BCUT2D eigenvalue weighted by Crippen LogP contribution is -2.20. The molecule has 1 aromatic heterocycles. The Morgan fingerprint density at radius 1 is 1.06 bits per heavy atom. The van der Waals surface area contributed by atoms with Crippen molar-refractivity contribution in [1.29, 1.82) is 0 Å². The van der Waals surface area contributed by atoms with Gasteiger partial charge in [0.05, 0.1) is 18.2 Å². The third-order valence-corrected chi connectivity index (χ3v) is 6.72. The van der Waals surface area contributed by atoms with Crippen LogP contribution in [0, 0.1) is 6.92 Å². The second kappa shape index (κ2) is 11.0. The number of carbonyl (C=O) groups is 2. The number of fused-ring (bicyclic) bond motifs is 1. The third kappa shape index (κ3) is 6.02. The number of thiophene rings is 1. The van der Waals surface area contributed by atoms with Crippen molar-refractivity contribution in [1.82, 2.24) is 5.43 Å². The Hall–Kier alpha value is -3.65. The van der Waals surface area contributed by atoms with Crippen LogP contribution in [0.2, 0.25) is 0 Å². The Bertz CT molecular complexity index is 1180. The van der Waals surface area contributed by atoms with E-state index in [4.69, 9.17) is 9.47 Å². The summed E-state index contributed by atoms with van der Waals surface area (Å²) in [5.74, 6) is 0.424. The molecule has 0 unspecified atom stereocenters. The van der Waals surface area contributed by atoms with Crippen molar-refractivity contribution >= 4 is 35.1 Å². The molecule has 1 aliphatic carbocycles. The molecule has 1 heterocycles. The van der Waals surface area contributed by atoms with E-state index in [9.17, 15) is 9.59 Å². The van der Waals surface area contributed by atoms with Gasteiger partial charge in [0.15, 0.2) is 18.1 Å². The van der Waals surface area contributed by atoms with Crippen LogP contribution in [-0.4, -0.2) is 31.7 Å². The van der Waals surface area contributed by atoms with Crippen LogP contribution < -0.4 is 20.2 Å². The summed E-state index contributed by atoms with van der Waals surface area (Å²) in [6, 6.07) is 14.7. The van der Waals surface area contributed by atoms with Crippen molar-refractivity contribution in [3.63, 3.8) is 0 Å². The van der Waals surface area contributed by atoms with Crippen molar-refractivity contribution in [3.8, 4) is 11.5 Å². The molecule has 2 aromatic carbocycles. The molecule has 0 atom stereocenters. The largest absolute Gasteiger partial charge is 0.493 e. The van der Waals surface area contributed by atoms with E-state index in [0.29, 0.717) is 22.1 Å². The number of nitrogens with one attached hydrogen (secondary N) is 2. The topological polar surface area (TPSA) is 89.0 Å². The second-order valence-corrected chi connectivity index (χ2v) is 9.22. The minimum absolute atomic E-state index is 0.154. The first kappa shape index (κ1) is 23.5. The van der Waals surface area contributed by atoms with Gasteiger partial charge in [-0.1, -0.05) is 17.7 Å². The first-order valence-electron chi connectivity index (χ1n) is 11.1. The van der Waals surface area contributed by atoms with Crippen molar-refractivity contribution in [2.75, 3.05) is 19.0 Å². The number of benzene rings is 2. The number of rotatable bonds is 8. The van der Waals surface area contributed by atoms with Gasteiger partial charge in [-0.05, 0) is 80.1 Å². The number of hydrogen-bond donors (Lipinski definition) is 2. The summed E-state index contributed by atoms with van der Waals surface area (Å²) in [6.45, 7) is 1.83. The number of ether oxygens (including phenoxy) is 2. The van der Waals surface area contributed by atoms with Crippen LogP contribution in [-0.2, 0) is 17.6 Å². The number of nitrogens with zero attached hydrogens (tertiary/aromatic N) is 1. The number of carbonyl (C=O) groups excluding carboxylic acids is 2. The average Bonchev–Trinajstić information content (AvgIpc) is 3.29. The lowest BCUT2D eigenvalue weighted by molar-refractivity contribution is -0.118. The van der Waals surface area contributed by atoms with Crippen LogP contribution in [0.15, 0.2) is 53.6 Å². The molecule has 0 fully saturated rings. The van der Waals surface area contributed by atoms with Crippen molar-refractivity contribution in [2.45, 2.75) is 32.6 Å². The van der Waals surface area contributed by atoms with Crippen LogP contribution in [0.4, 0.5) is 5.69 Å². The Balaban J connectivity index is 1.31. The number of methoxy groups -OCH3 is 1. The van der Waals surface area contributed by atoms with Gasteiger partial charge in [-0.3, -0.25) is 9.59 Å². The third-order valence-electron chi connectivity index (χ3n) is 5.48. The molecule has 7 nitrogen and oxygen atoms in total. The number of amides is 2. The highest BCUT2D eigenvalue weighted by Crippen LogP contribution is 2.30. The molecule has 0 spiro atoms. The molecule has 0 bridgehead atoms. The minimum Gasteiger partial charge on any atom is -0.493 e. The monoisotopic (exact) mass is 477 g/mol. The highest BCUT2D eigenvalue weighted by Gasteiger charge is 2.17. The van der Waals surface area contributed by atoms with E-state index in [0.717, 1.165) is 24.0 Å². The summed E-state index contributed by atoms with van der Waals surface area (Å²) in [5, 5.41) is 6.87. The fourth-order valence-electron chi connectivity index (χ4n) is 3.68. The van der Waals surface area contributed by atoms with Gasteiger partial charge in [0, 0.05) is 10.6 Å². The van der Waals surface area contributed by atoms with E-state index in [1.54, 1.807) is 35.8 Å². The standard InChI is InChI=1S/C26H27N3O4S/c1-17-7-10-20(11-8-17)28-25(30)16-33-21-12-9-18(13-22(21)32-2)15-27-29-26(31)24-14-19-5-3-4-6-23(19)34-24/h7-15H,3-6,16H2,1-2H3,(H,28,30)(H,29,31)/b27-15+. The summed E-state index contributed by atoms with van der Waals surface area (Å²) in [7, 11) is 1.52. The lowest BCUT2D eigenvalue weighted by atomic mass is 9.99. The maximum atomic E-state index is 12.4. The molecule has 3 aromatic rings. The minimum atomic E-state index is -0.269. The molecule has 0 saturated heterocycles. The summed E-state index contributed by atoms with van der Waals surface area (Å²) in [6.07, 6.45) is 6.01. The van der Waals surface area contributed by atoms with Crippen LogP contribution >= 0.6 is 11.3 Å². The van der Waals surface area contributed by atoms with Crippen LogP contribution in [0.5, 0.6) is 11.5 Å². The molecular formula is C26H27N3O4S. The summed E-state index contributed by atoms with van der Waals surface area (Å²) >= 11 is 1.55. The summed E-state index contributed by atoms with van der Waals surface area (Å²) < 4.78 is 11.0. The Kier molecular flexibility index (Phi) is 7.59. The van der Waals surface area contributed by atoms with Gasteiger partial charge in [0.2, 0.25) is 0 Å². The second-order valence-electron chi connectivity index (χ2n) is 8.08. The maximum absolute atomic E-state index is 12.4. The Morgan fingerprint density at radius 2 is 1.85 bits per heavy atom. The summed E-state index contributed by atoms with van der Waals surface area (Å²) in [5.41, 5.74) is 6.43. The van der Waals surface area contributed by atoms with Crippen molar-refractivity contribution < 1.29 is 19.1 Å². The first-order valence-corrected chi connectivity index (χ1v) is 12.0. The van der Waals surface area contributed by atoms with E-state index in [1.165, 1.54) is 30.4 Å². The predicted octanol–water partition coefficient (Wildman–Crippen LogP) is 4.73. The van der Waals surface area contributed by atoms with Crippen LogP contribution in [0.3, 0.4) is 0 Å². The van der Waals surface area contributed by atoms with E-state index < -0.39 is 0 Å². The predicted molar refractivity (Wildman–Crippen MR) is 134 cm³/mol. The van der Waals surface area contributed by atoms with Crippen molar-refractivity contribution in [3.05, 3.63) is 75.0 Å². The maximum Gasteiger partial charge on any atom is 0.281 e. The fraction of sp³-hybridized carbons (Fsp3) is 0.269. The summed E-state index contributed by atoms with van der Waals surface area (Å²) in [4.78, 5) is 26.6. The fourth-order valence-corrected chi connectivity index (χ4v) is 4.83. The first-order chi connectivity index (χ1) is 16.5. The van der Waals surface area contributed by atoms with Gasteiger partial charge in [0.1, 0.15) is 0 Å². The highest BCUT2D eigenvalue weighted by atomic mass is 32.1. The number of aryl methyl sites for hydroxylation is 3. The van der Waals surface area contributed by atoms with E-state index in [1.807, 2.05) is 37.3 Å². The average molecular weight is 478 g/mol. The number of anilines is 1. The molecule has 1 aliphatic rings. The molecule has 176 valence electrons. The van der Waals surface area contributed by atoms with Gasteiger partial charge < -0.3 is 14.8 Å². The van der Waals surface area contributed by atoms with Crippen LogP contribution in [0.1, 0.15) is 44.1 Å². The van der Waals surface area contributed by atoms with Gasteiger partial charge in [-0.15, -0.1) is 11.3 Å². The molecule has 0 aliphatic heterocycles. The smallest absolute Gasteiger partial charge is 0.281 e. The SMILES string of the molecule is COc1cc(/C=N/NC(=O)c2cc3c(s2)CCCC3)ccc1OCC(=O)Nc1ccc(C)cc1. The van der Waals surface area contributed by atoms with Gasteiger partial charge in [-0.25, -0.2) is 5.43 Å². The Morgan fingerprint density at radius 3 is 2.62 bits per heavy atom.